The smallest absolute Gasteiger partial charge is 0.261 e. The summed E-state index contributed by atoms with van der Waals surface area (Å²) in [6, 6.07) is 8.01. The summed E-state index contributed by atoms with van der Waals surface area (Å²) in [6.45, 7) is 8.33. The molecule has 4 rings (SSSR count). The molecule has 0 saturated carbocycles. The minimum atomic E-state index is 0.0846. The van der Waals surface area contributed by atoms with Crippen LogP contribution in [-0.4, -0.2) is 87.5 Å². The van der Waals surface area contributed by atoms with Crippen LogP contribution in [0.25, 0.3) is 5.78 Å². The van der Waals surface area contributed by atoms with E-state index in [0.717, 1.165) is 24.5 Å². The number of methoxy groups -OCH3 is 1. The van der Waals surface area contributed by atoms with Crippen molar-refractivity contribution in [2.24, 2.45) is 0 Å². The molecule has 1 saturated heterocycles. The number of carbonyl (C=O) groups is 1. The number of nitrogens with zero attached hydrogens (tertiary/aromatic N) is 7. The van der Waals surface area contributed by atoms with Gasteiger partial charge in [0.25, 0.3) is 5.78 Å². The van der Waals surface area contributed by atoms with Crippen molar-refractivity contribution in [1.29, 1.82) is 0 Å². The summed E-state index contributed by atoms with van der Waals surface area (Å²) in [5.41, 5.74) is 1.14. The number of benzene rings is 1. The van der Waals surface area contributed by atoms with Gasteiger partial charge in [-0.05, 0) is 38.1 Å². The molecule has 2 aromatic heterocycles. The molecule has 0 unspecified atom stereocenters. The van der Waals surface area contributed by atoms with E-state index < -0.39 is 0 Å². The summed E-state index contributed by atoms with van der Waals surface area (Å²) in [6.07, 6.45) is 0. The van der Waals surface area contributed by atoms with Gasteiger partial charge in [-0.15, -0.1) is 10.2 Å². The van der Waals surface area contributed by atoms with Crippen LogP contribution in [-0.2, 0) is 4.79 Å². The number of carbonyl (C=O) groups excluding carboxylic acids is 1. The lowest BCUT2D eigenvalue weighted by molar-refractivity contribution is -0.128. The van der Waals surface area contributed by atoms with E-state index in [9.17, 15) is 4.79 Å². The lowest BCUT2D eigenvalue weighted by atomic mass is 10.2. The fourth-order valence-electron chi connectivity index (χ4n) is 3.62. The van der Waals surface area contributed by atoms with Crippen LogP contribution in [0.1, 0.15) is 13.8 Å². The van der Waals surface area contributed by atoms with Crippen molar-refractivity contribution in [3.63, 3.8) is 0 Å². The molecule has 3 heterocycles. The van der Waals surface area contributed by atoms with E-state index >= 15 is 0 Å². The van der Waals surface area contributed by atoms with E-state index in [2.05, 4.69) is 35.7 Å². The van der Waals surface area contributed by atoms with Gasteiger partial charge in [0.15, 0.2) is 5.16 Å². The summed E-state index contributed by atoms with van der Waals surface area (Å²) in [7, 11) is 1.66. The number of piperazine rings is 1. The summed E-state index contributed by atoms with van der Waals surface area (Å²) < 4.78 is 6.98. The number of thioether (sulfide) groups is 1. The molecule has 1 fully saturated rings. The summed E-state index contributed by atoms with van der Waals surface area (Å²) in [5, 5.41) is 15.3. The zero-order valence-electron chi connectivity index (χ0n) is 19.1. The molecule has 0 bridgehead atoms. The number of rotatable bonds is 9. The minimum Gasteiger partial charge on any atom is -0.497 e. The highest BCUT2D eigenvalue weighted by atomic mass is 32.2. The molecule has 33 heavy (non-hydrogen) atoms. The molecule has 12 heteroatoms. The third-order valence-electron chi connectivity index (χ3n) is 5.31. The third-order valence-corrected chi connectivity index (χ3v) is 6.22. The summed E-state index contributed by atoms with van der Waals surface area (Å²) >= 11 is 1.35. The van der Waals surface area contributed by atoms with E-state index in [0.29, 0.717) is 49.0 Å². The molecule has 176 valence electrons. The predicted octanol–water partition coefficient (Wildman–Crippen LogP) is 1.83. The lowest BCUT2D eigenvalue weighted by Crippen LogP contribution is -2.49. The second-order valence-electron chi connectivity index (χ2n) is 7.40. The molecule has 1 amide bonds. The van der Waals surface area contributed by atoms with Crippen LogP contribution in [0, 0.1) is 0 Å². The number of ether oxygens (including phenoxy) is 1. The standard InChI is InChI=1S/C21H29N9O2S/c1-4-22-18-24-19(23-5-2)30-20(25-18)26-27-21(30)33-14-17(31)29-12-10-28(11-13-29)15-6-8-16(32-3)9-7-15/h6-9H,4-5,10-14H2,1-3H3,(H2,22,23,24,25,26). The number of amides is 1. The second kappa shape index (κ2) is 10.6. The summed E-state index contributed by atoms with van der Waals surface area (Å²) in [4.78, 5) is 26.0. The van der Waals surface area contributed by atoms with Crippen LogP contribution in [0.4, 0.5) is 17.6 Å². The average Bonchev–Trinajstić information content (AvgIpc) is 3.26. The van der Waals surface area contributed by atoms with Gasteiger partial charge in [-0.3, -0.25) is 4.79 Å². The topological polar surface area (TPSA) is 113 Å². The quantitative estimate of drug-likeness (QED) is 0.448. The molecule has 11 nitrogen and oxygen atoms in total. The highest BCUT2D eigenvalue weighted by Crippen LogP contribution is 2.23. The van der Waals surface area contributed by atoms with E-state index in [1.807, 2.05) is 43.0 Å². The van der Waals surface area contributed by atoms with Crippen molar-refractivity contribution in [2.45, 2.75) is 19.0 Å². The van der Waals surface area contributed by atoms with Gasteiger partial charge in [0.2, 0.25) is 17.8 Å². The Morgan fingerprint density at radius 1 is 1.03 bits per heavy atom. The fourth-order valence-corrected chi connectivity index (χ4v) is 4.45. The first kappa shape index (κ1) is 22.9. The van der Waals surface area contributed by atoms with Crippen LogP contribution in [0.2, 0.25) is 0 Å². The van der Waals surface area contributed by atoms with Crippen molar-refractivity contribution >= 4 is 41.0 Å². The van der Waals surface area contributed by atoms with Crippen LogP contribution in [0.3, 0.4) is 0 Å². The van der Waals surface area contributed by atoms with Crippen LogP contribution in [0.15, 0.2) is 29.4 Å². The van der Waals surface area contributed by atoms with Gasteiger partial charge in [0, 0.05) is 45.0 Å². The largest absolute Gasteiger partial charge is 0.497 e. The van der Waals surface area contributed by atoms with Crippen LogP contribution in [0.5, 0.6) is 5.75 Å². The highest BCUT2D eigenvalue weighted by Gasteiger charge is 2.23. The second-order valence-corrected chi connectivity index (χ2v) is 8.35. The summed E-state index contributed by atoms with van der Waals surface area (Å²) in [5.74, 6) is 2.75. The number of anilines is 3. The van der Waals surface area contributed by atoms with Gasteiger partial charge in [-0.2, -0.15) is 9.97 Å². The van der Waals surface area contributed by atoms with E-state index in [4.69, 9.17) is 4.74 Å². The molecule has 1 aliphatic rings. The maximum absolute atomic E-state index is 12.9. The third kappa shape index (κ3) is 5.21. The van der Waals surface area contributed by atoms with Crippen molar-refractivity contribution < 1.29 is 9.53 Å². The molecule has 0 atom stereocenters. The predicted molar refractivity (Wildman–Crippen MR) is 129 cm³/mol. The van der Waals surface area contributed by atoms with E-state index in [1.54, 1.807) is 11.5 Å². The van der Waals surface area contributed by atoms with Crippen LogP contribution < -0.4 is 20.3 Å². The van der Waals surface area contributed by atoms with Crippen molar-refractivity contribution in [1.82, 2.24) is 29.5 Å². The maximum atomic E-state index is 12.9. The molecule has 3 aromatic rings. The maximum Gasteiger partial charge on any atom is 0.261 e. The normalized spacial score (nSPS) is 13.9. The first-order valence-corrected chi connectivity index (χ1v) is 12.0. The zero-order chi connectivity index (χ0) is 23.2. The first-order chi connectivity index (χ1) is 16.1. The number of fused-ring (bicyclic) bond motifs is 1. The minimum absolute atomic E-state index is 0.0846. The number of nitrogens with one attached hydrogen (secondary N) is 2. The Morgan fingerprint density at radius 3 is 2.42 bits per heavy atom. The Hall–Kier alpha value is -3.28. The number of hydrogen-bond acceptors (Lipinski definition) is 10. The molecule has 0 spiro atoms. The number of hydrogen-bond donors (Lipinski definition) is 2. The molecule has 1 aromatic carbocycles. The SMILES string of the molecule is CCNc1nc(NCC)n2c(SCC(=O)N3CCN(c4ccc(OC)cc4)CC3)nnc2n1. The Labute approximate surface area is 196 Å². The molecular formula is C21H29N9O2S. The molecule has 2 N–H and O–H groups in total. The van der Waals surface area contributed by atoms with Gasteiger partial charge in [-0.25, -0.2) is 4.40 Å². The Bertz CT molecular complexity index is 1080. The molecule has 0 aliphatic carbocycles. The Balaban J connectivity index is 1.37. The van der Waals surface area contributed by atoms with E-state index in [-0.39, 0.29) is 11.7 Å². The molecular weight excluding hydrogens is 442 g/mol. The first-order valence-electron chi connectivity index (χ1n) is 11.0. The van der Waals surface area contributed by atoms with Crippen LogP contribution >= 0.6 is 11.8 Å². The monoisotopic (exact) mass is 471 g/mol. The zero-order valence-corrected chi connectivity index (χ0v) is 19.9. The van der Waals surface area contributed by atoms with Gasteiger partial charge in [0.1, 0.15) is 5.75 Å². The van der Waals surface area contributed by atoms with Gasteiger partial charge in [0.05, 0.1) is 12.9 Å². The Morgan fingerprint density at radius 2 is 1.76 bits per heavy atom. The number of aromatic nitrogens is 5. The van der Waals surface area contributed by atoms with Gasteiger partial charge in [-0.1, -0.05) is 11.8 Å². The van der Waals surface area contributed by atoms with E-state index in [1.165, 1.54) is 11.8 Å². The molecule has 1 aliphatic heterocycles. The van der Waals surface area contributed by atoms with Gasteiger partial charge >= 0.3 is 0 Å². The van der Waals surface area contributed by atoms with Crippen molar-refractivity contribution in [3.8, 4) is 5.75 Å². The highest BCUT2D eigenvalue weighted by molar-refractivity contribution is 7.99. The molecule has 0 radical (unpaired) electrons. The average molecular weight is 472 g/mol. The Kier molecular flexibility index (Phi) is 7.33. The van der Waals surface area contributed by atoms with Gasteiger partial charge < -0.3 is 25.2 Å². The van der Waals surface area contributed by atoms with Crippen molar-refractivity contribution in [2.75, 3.05) is 67.7 Å². The fraction of sp³-hybridized carbons (Fsp3) is 0.476. The van der Waals surface area contributed by atoms with Crippen molar-refractivity contribution in [3.05, 3.63) is 24.3 Å². The lowest BCUT2D eigenvalue weighted by Gasteiger charge is -2.36.